The molecule has 2 radical (unpaired) electrons. The van der Waals surface area contributed by atoms with Crippen LogP contribution in [0.2, 0.25) is 0 Å². The normalized spacial score (nSPS) is 11.4. The van der Waals surface area contributed by atoms with Crippen LogP contribution in [-0.2, 0) is 46.5 Å². The Bertz CT molecular complexity index is 2530. The van der Waals surface area contributed by atoms with Gasteiger partial charge in [0.1, 0.15) is 0 Å². The molecule has 0 aromatic heterocycles. The van der Waals surface area contributed by atoms with Crippen LogP contribution in [0.1, 0.15) is 126 Å². The standard InChI is InChI=1S/2C24H29.C12H7Si.2ClH.Zr/c2*1-5-7-10-18-15-20-13-14-21(17(3)4)24(23(20)16-18)22-12-9-8-11-19(22)6-2;1-3-7-11-9(5-1)10-6-2-4-8-12(10)13-11;;;/h2*8-9,11-17H,5-7,10H2,1-4H3;1-7H;2*1H;/q3*-1;;;+2/p-2. The average Bonchev–Trinajstić information content (AvgIpc) is 4.05. The van der Waals surface area contributed by atoms with Gasteiger partial charge < -0.3 is 0 Å². The van der Waals surface area contributed by atoms with E-state index in [0.717, 1.165) is 22.4 Å². The minimum atomic E-state index is -0.826. The zero-order valence-corrected chi connectivity index (χ0v) is 44.3. The number of aryl methyl sites for hydroxylation is 4. The first kappa shape index (κ1) is 49.6. The van der Waals surface area contributed by atoms with E-state index in [1.807, 2.05) is 6.07 Å². The molecule has 1 heterocycles. The van der Waals surface area contributed by atoms with E-state index in [0.29, 0.717) is 11.8 Å². The van der Waals surface area contributed by atoms with Crippen LogP contribution in [-0.4, -0.2) is 9.52 Å². The van der Waals surface area contributed by atoms with Crippen molar-refractivity contribution in [1.29, 1.82) is 0 Å². The molecule has 0 atom stereocenters. The number of unbranched alkanes of at least 4 members (excludes halogenated alkanes) is 2. The van der Waals surface area contributed by atoms with Crippen LogP contribution in [0.3, 0.4) is 0 Å². The minimum Gasteiger partial charge on any atom is -0.184 e. The molecule has 0 nitrogen and oxygen atoms in total. The molecule has 4 heteroatoms. The Kier molecular flexibility index (Phi) is 19.1. The van der Waals surface area contributed by atoms with E-state index < -0.39 is 20.8 Å². The SMILES string of the molecule is CCCCc1cc2c(-c3ccccc3CC)c(C(C)C)ccc2[cH-]1.CCCCc1cc2c(-c3ccccc3CC)c(C(C)C)ccc2[cH-]1.[Cl][Zr][Cl].[c-]1cccc2c1[Si]c1ccccc1-2. The molecule has 0 aliphatic carbocycles. The van der Waals surface area contributed by atoms with Gasteiger partial charge in [-0.2, -0.15) is 41.6 Å². The van der Waals surface area contributed by atoms with Gasteiger partial charge in [-0.3, -0.25) is 0 Å². The maximum Gasteiger partial charge on any atom is 0.0920 e. The summed E-state index contributed by atoms with van der Waals surface area (Å²) in [7, 11) is 10.7. The molecule has 8 aromatic carbocycles. The summed E-state index contributed by atoms with van der Waals surface area (Å²) in [4.78, 5) is 0. The van der Waals surface area contributed by atoms with Crippen LogP contribution in [0.4, 0.5) is 0 Å². The van der Waals surface area contributed by atoms with E-state index >= 15 is 0 Å². The van der Waals surface area contributed by atoms with E-state index in [1.165, 1.54) is 137 Å². The van der Waals surface area contributed by atoms with Crippen molar-refractivity contribution in [3.63, 3.8) is 0 Å². The summed E-state index contributed by atoms with van der Waals surface area (Å²) >= 11 is -0.826. The number of halogens is 2. The monoisotopic (exact) mass is 973 g/mol. The summed E-state index contributed by atoms with van der Waals surface area (Å²) in [5.41, 5.74) is 17.3. The van der Waals surface area contributed by atoms with Gasteiger partial charge in [0.15, 0.2) is 0 Å². The molecule has 0 unspecified atom stereocenters. The third-order valence-electron chi connectivity index (χ3n) is 12.5. The average molecular weight is 976 g/mol. The number of benzene rings is 6. The van der Waals surface area contributed by atoms with Crippen LogP contribution in [0, 0.1) is 6.07 Å². The van der Waals surface area contributed by atoms with Crippen molar-refractivity contribution in [3.8, 4) is 33.4 Å². The van der Waals surface area contributed by atoms with Gasteiger partial charge in [-0.25, -0.2) is 0 Å². The number of hydrogen-bond acceptors (Lipinski definition) is 0. The molecule has 0 bridgehead atoms. The summed E-state index contributed by atoms with van der Waals surface area (Å²) in [6, 6.07) is 55.0. The zero-order valence-electron chi connectivity index (χ0n) is 39.3. The predicted molar refractivity (Wildman–Crippen MR) is 282 cm³/mol. The molecule has 64 heavy (non-hydrogen) atoms. The Balaban J connectivity index is 0.000000160. The first-order valence-electron chi connectivity index (χ1n) is 23.6. The minimum absolute atomic E-state index is 0.531. The maximum absolute atomic E-state index is 4.93. The van der Waals surface area contributed by atoms with Crippen LogP contribution in [0.5, 0.6) is 0 Å². The fraction of sp³-hybridized carbons (Fsp3) is 0.300. The molecule has 0 amide bonds. The molecule has 0 saturated carbocycles. The number of rotatable bonds is 12. The molecule has 0 spiro atoms. The van der Waals surface area contributed by atoms with E-state index in [1.54, 1.807) is 0 Å². The van der Waals surface area contributed by atoms with Gasteiger partial charge in [0, 0.05) is 0 Å². The van der Waals surface area contributed by atoms with Crippen molar-refractivity contribution >= 4 is 58.5 Å². The summed E-state index contributed by atoms with van der Waals surface area (Å²) in [6.07, 6.45) is 9.59. The molecule has 9 rings (SSSR count). The Morgan fingerprint density at radius 1 is 0.547 bits per heavy atom. The van der Waals surface area contributed by atoms with Crippen molar-refractivity contribution in [2.75, 3.05) is 0 Å². The number of hydrogen-bond donors (Lipinski definition) is 0. The van der Waals surface area contributed by atoms with Gasteiger partial charge >= 0.3 is 37.9 Å². The quantitative estimate of drug-likeness (QED) is 0.0845. The van der Waals surface area contributed by atoms with Crippen molar-refractivity contribution in [2.24, 2.45) is 0 Å². The summed E-state index contributed by atoms with van der Waals surface area (Å²) in [6.45, 7) is 18.3. The largest absolute Gasteiger partial charge is 0.184 e. The molecule has 1 aliphatic heterocycles. The van der Waals surface area contributed by atoms with Crippen LogP contribution < -0.4 is 10.4 Å². The molecule has 330 valence electrons. The molecule has 0 fully saturated rings. The Morgan fingerprint density at radius 3 is 1.44 bits per heavy atom. The van der Waals surface area contributed by atoms with Gasteiger partial charge in [0.05, 0.1) is 9.52 Å². The molecule has 0 N–H and O–H groups in total. The van der Waals surface area contributed by atoms with Gasteiger partial charge in [0.25, 0.3) is 0 Å². The summed E-state index contributed by atoms with van der Waals surface area (Å²) < 4.78 is 0. The van der Waals surface area contributed by atoms with E-state index in [4.69, 9.17) is 17.0 Å². The molecule has 0 saturated heterocycles. The van der Waals surface area contributed by atoms with Gasteiger partial charge in [-0.15, -0.1) is 74.6 Å². The second-order valence-corrected chi connectivity index (χ2v) is 22.6. The van der Waals surface area contributed by atoms with Crippen molar-refractivity contribution in [2.45, 2.75) is 119 Å². The molecule has 8 aromatic rings. The van der Waals surface area contributed by atoms with Crippen LogP contribution >= 0.6 is 17.0 Å². The van der Waals surface area contributed by atoms with E-state index in [-0.39, 0.29) is 0 Å². The second kappa shape index (κ2) is 24.7. The summed E-state index contributed by atoms with van der Waals surface area (Å²) in [5.74, 6) is 1.06. The Hall–Kier alpha value is -3.78. The summed E-state index contributed by atoms with van der Waals surface area (Å²) in [5, 5.41) is 8.49. The van der Waals surface area contributed by atoms with Gasteiger partial charge in [-0.1, -0.05) is 187 Å². The van der Waals surface area contributed by atoms with E-state index in [2.05, 4.69) is 195 Å². The molecular formula is C60H65Cl2SiZr-3. The molecule has 1 aliphatic rings. The van der Waals surface area contributed by atoms with Crippen molar-refractivity contribution < 1.29 is 20.8 Å². The Morgan fingerprint density at radius 2 is 0.984 bits per heavy atom. The van der Waals surface area contributed by atoms with Crippen molar-refractivity contribution in [3.05, 3.63) is 179 Å². The second-order valence-electron chi connectivity index (χ2n) is 17.5. The fourth-order valence-electron chi connectivity index (χ4n) is 9.21. The van der Waals surface area contributed by atoms with Gasteiger partial charge in [0.2, 0.25) is 0 Å². The maximum atomic E-state index is 4.93. The van der Waals surface area contributed by atoms with E-state index in [9.17, 15) is 0 Å². The fourth-order valence-corrected chi connectivity index (χ4v) is 10.5. The topological polar surface area (TPSA) is 0 Å². The first-order valence-corrected chi connectivity index (χ1v) is 30.9. The Labute approximate surface area is 407 Å². The smallest absolute Gasteiger partial charge is 0.0920 e. The van der Waals surface area contributed by atoms with Crippen molar-refractivity contribution in [1.82, 2.24) is 0 Å². The predicted octanol–water partition coefficient (Wildman–Crippen LogP) is 17.0. The van der Waals surface area contributed by atoms with Gasteiger partial charge in [-0.05, 0) is 59.8 Å². The van der Waals surface area contributed by atoms with Crippen LogP contribution in [0.15, 0.2) is 140 Å². The first-order chi connectivity index (χ1) is 31.2. The van der Waals surface area contributed by atoms with Crippen LogP contribution in [0.25, 0.3) is 54.9 Å². The number of fused-ring (bicyclic) bond motifs is 5. The zero-order chi connectivity index (χ0) is 45.6. The third-order valence-corrected chi connectivity index (χ3v) is 13.9. The molecular weight excluding hydrogens is 911 g/mol. The third kappa shape index (κ3) is 12.0.